The quantitative estimate of drug-likeness (QED) is 0.449. The molecule has 0 aliphatic rings. The maximum atomic E-state index is 5.33. The third kappa shape index (κ3) is 4.71. The number of hydrogen-bond acceptors (Lipinski definition) is 4. The van der Waals surface area contributed by atoms with Gasteiger partial charge in [0.1, 0.15) is 6.54 Å². The minimum Gasteiger partial charge on any atom is -0.361 e. The van der Waals surface area contributed by atoms with E-state index in [4.69, 9.17) is 4.52 Å². The first-order chi connectivity index (χ1) is 13.4. The molecule has 0 aliphatic heterocycles. The maximum absolute atomic E-state index is 5.33. The second-order valence-corrected chi connectivity index (χ2v) is 7.95. The molecule has 1 aromatic carbocycles. The number of aromatic amines is 1. The number of nitrogens with one attached hydrogen (secondary N) is 3. The van der Waals surface area contributed by atoms with Crippen molar-refractivity contribution in [2.24, 2.45) is 4.99 Å². The smallest absolute Gasteiger partial charge is 0.232 e. The number of aromatic nitrogens is 3. The van der Waals surface area contributed by atoms with Crippen LogP contribution in [-0.4, -0.2) is 34.2 Å². The molecular formula is C21H30N6O. The molecule has 0 aliphatic carbocycles. The summed E-state index contributed by atoms with van der Waals surface area (Å²) in [5.74, 6) is 1.97. The first-order valence-electron chi connectivity index (χ1n) is 9.79. The number of nitrogens with zero attached hydrogens (tertiary/aromatic N) is 3. The summed E-state index contributed by atoms with van der Waals surface area (Å²) in [5, 5.41) is 12.0. The Hall–Kier alpha value is -2.83. The van der Waals surface area contributed by atoms with E-state index < -0.39 is 0 Å². The van der Waals surface area contributed by atoms with Crippen LogP contribution in [-0.2, 0) is 18.4 Å². The second kappa shape index (κ2) is 8.46. The average molecular weight is 383 g/mol. The van der Waals surface area contributed by atoms with E-state index in [2.05, 4.69) is 62.1 Å². The van der Waals surface area contributed by atoms with Gasteiger partial charge in [0.2, 0.25) is 5.89 Å². The topological polar surface area (TPSA) is 91.1 Å². The normalized spacial score (nSPS) is 12.5. The summed E-state index contributed by atoms with van der Waals surface area (Å²) >= 11 is 0. The molecule has 0 radical (unpaired) electrons. The summed E-state index contributed by atoms with van der Waals surface area (Å²) in [5.41, 5.74) is 3.63. The summed E-state index contributed by atoms with van der Waals surface area (Å²) in [6, 6.07) is 6.34. The lowest BCUT2D eigenvalue weighted by molar-refractivity contribution is 0.318. The minimum absolute atomic E-state index is 0.158. The molecule has 0 spiro atoms. The van der Waals surface area contributed by atoms with Crippen molar-refractivity contribution < 1.29 is 4.52 Å². The fourth-order valence-electron chi connectivity index (χ4n) is 3.08. The van der Waals surface area contributed by atoms with Gasteiger partial charge in [0.25, 0.3) is 0 Å². The molecule has 0 unspecified atom stereocenters. The molecule has 2 heterocycles. The summed E-state index contributed by atoms with van der Waals surface area (Å²) < 4.78 is 5.33. The summed E-state index contributed by atoms with van der Waals surface area (Å²) in [6.45, 7) is 12.3. The Bertz CT molecular complexity index is 947. The van der Waals surface area contributed by atoms with Gasteiger partial charge in [0, 0.05) is 35.6 Å². The monoisotopic (exact) mass is 382 g/mol. The van der Waals surface area contributed by atoms with Crippen LogP contribution < -0.4 is 10.6 Å². The highest BCUT2D eigenvalue weighted by Gasteiger charge is 2.21. The van der Waals surface area contributed by atoms with Gasteiger partial charge < -0.3 is 20.1 Å². The second-order valence-electron chi connectivity index (χ2n) is 7.95. The van der Waals surface area contributed by atoms with Gasteiger partial charge in [0.15, 0.2) is 11.8 Å². The summed E-state index contributed by atoms with van der Waals surface area (Å²) in [7, 11) is 0. The van der Waals surface area contributed by atoms with E-state index in [1.54, 1.807) is 0 Å². The predicted octanol–water partition coefficient (Wildman–Crippen LogP) is 3.45. The van der Waals surface area contributed by atoms with Gasteiger partial charge in [0.05, 0.1) is 0 Å². The predicted molar refractivity (Wildman–Crippen MR) is 113 cm³/mol. The molecule has 0 saturated carbocycles. The molecule has 0 fully saturated rings. The fraction of sp³-hybridized carbons (Fsp3) is 0.476. The minimum atomic E-state index is -0.158. The SMILES string of the molecule is CCNC(=NCc1noc(C(C)(C)C)n1)NCCc1c[nH]c2cccc(C)c12. The number of rotatable bonds is 6. The lowest BCUT2D eigenvalue weighted by Gasteiger charge is -2.11. The molecule has 0 saturated heterocycles. The van der Waals surface area contributed by atoms with Gasteiger partial charge in [-0.25, -0.2) is 4.99 Å². The highest BCUT2D eigenvalue weighted by Crippen LogP contribution is 2.22. The molecule has 0 atom stereocenters. The molecule has 3 rings (SSSR count). The molecule has 3 N–H and O–H groups in total. The van der Waals surface area contributed by atoms with Crippen LogP contribution in [0.1, 0.15) is 50.5 Å². The van der Waals surface area contributed by atoms with Gasteiger partial charge in [-0.1, -0.05) is 38.1 Å². The lowest BCUT2D eigenvalue weighted by atomic mass is 9.97. The molecule has 0 amide bonds. The zero-order chi connectivity index (χ0) is 20.1. The van der Waals surface area contributed by atoms with Crippen molar-refractivity contribution in [1.82, 2.24) is 25.8 Å². The van der Waals surface area contributed by atoms with Gasteiger partial charge in [-0.2, -0.15) is 4.98 Å². The van der Waals surface area contributed by atoms with Gasteiger partial charge >= 0.3 is 0 Å². The molecule has 2 aromatic heterocycles. The van der Waals surface area contributed by atoms with Gasteiger partial charge in [-0.15, -0.1) is 0 Å². The molecule has 28 heavy (non-hydrogen) atoms. The Kier molecular flexibility index (Phi) is 6.02. The van der Waals surface area contributed by atoms with E-state index >= 15 is 0 Å². The number of aliphatic imine (C=N–C) groups is 1. The zero-order valence-electron chi connectivity index (χ0n) is 17.4. The third-order valence-corrected chi connectivity index (χ3v) is 4.52. The van der Waals surface area contributed by atoms with E-state index in [0.717, 1.165) is 25.5 Å². The molecule has 3 aromatic rings. The number of hydrogen-bond donors (Lipinski definition) is 3. The highest BCUT2D eigenvalue weighted by molar-refractivity contribution is 5.86. The number of guanidine groups is 1. The first-order valence-corrected chi connectivity index (χ1v) is 9.79. The maximum Gasteiger partial charge on any atom is 0.232 e. The Balaban J connectivity index is 1.61. The average Bonchev–Trinajstić information content (AvgIpc) is 3.27. The van der Waals surface area contributed by atoms with E-state index in [-0.39, 0.29) is 5.41 Å². The number of aryl methyl sites for hydroxylation is 1. The van der Waals surface area contributed by atoms with Gasteiger partial charge in [-0.3, -0.25) is 0 Å². The van der Waals surface area contributed by atoms with E-state index in [9.17, 15) is 0 Å². The Morgan fingerprint density at radius 1 is 1.25 bits per heavy atom. The van der Waals surface area contributed by atoms with Crippen LogP contribution in [0.4, 0.5) is 0 Å². The largest absolute Gasteiger partial charge is 0.361 e. The van der Waals surface area contributed by atoms with Crippen molar-refractivity contribution in [2.45, 2.75) is 53.0 Å². The molecule has 150 valence electrons. The van der Waals surface area contributed by atoms with Crippen LogP contribution in [0.2, 0.25) is 0 Å². The van der Waals surface area contributed by atoms with Gasteiger partial charge in [-0.05, 0) is 37.5 Å². The molecule has 7 nitrogen and oxygen atoms in total. The van der Waals surface area contributed by atoms with Crippen molar-refractivity contribution in [2.75, 3.05) is 13.1 Å². The molecular weight excluding hydrogens is 352 g/mol. The van der Waals surface area contributed by atoms with Crippen LogP contribution in [0, 0.1) is 6.92 Å². The molecule has 7 heteroatoms. The van der Waals surface area contributed by atoms with Crippen LogP contribution in [0.15, 0.2) is 33.9 Å². The Morgan fingerprint density at radius 3 is 2.79 bits per heavy atom. The van der Waals surface area contributed by atoms with Crippen molar-refractivity contribution in [3.63, 3.8) is 0 Å². The van der Waals surface area contributed by atoms with Crippen LogP contribution in [0.3, 0.4) is 0 Å². The van der Waals surface area contributed by atoms with Crippen molar-refractivity contribution in [3.05, 3.63) is 47.2 Å². The standard InChI is InChI=1S/C21H30N6O/c1-6-22-20(25-13-17-26-19(28-27-17)21(3,4)5)23-11-10-15-12-24-16-9-7-8-14(2)18(15)16/h7-9,12,24H,6,10-11,13H2,1-5H3,(H2,22,23,25). The van der Waals surface area contributed by atoms with Crippen molar-refractivity contribution >= 4 is 16.9 Å². The van der Waals surface area contributed by atoms with Crippen LogP contribution >= 0.6 is 0 Å². The summed E-state index contributed by atoms with van der Waals surface area (Å²) in [6.07, 6.45) is 3.00. The van der Waals surface area contributed by atoms with Crippen LogP contribution in [0.5, 0.6) is 0 Å². The van der Waals surface area contributed by atoms with Crippen LogP contribution in [0.25, 0.3) is 10.9 Å². The van der Waals surface area contributed by atoms with E-state index in [1.807, 2.05) is 27.7 Å². The van der Waals surface area contributed by atoms with E-state index in [0.29, 0.717) is 18.3 Å². The Labute approximate surface area is 166 Å². The number of benzene rings is 1. The third-order valence-electron chi connectivity index (χ3n) is 4.52. The lowest BCUT2D eigenvalue weighted by Crippen LogP contribution is -2.38. The zero-order valence-corrected chi connectivity index (χ0v) is 17.4. The van der Waals surface area contributed by atoms with Crippen molar-refractivity contribution in [3.8, 4) is 0 Å². The summed E-state index contributed by atoms with van der Waals surface area (Å²) in [4.78, 5) is 12.4. The number of fused-ring (bicyclic) bond motifs is 1. The number of H-pyrrole nitrogens is 1. The van der Waals surface area contributed by atoms with E-state index in [1.165, 1.54) is 22.0 Å². The molecule has 0 bridgehead atoms. The Morgan fingerprint density at radius 2 is 2.07 bits per heavy atom. The fourth-order valence-corrected chi connectivity index (χ4v) is 3.08. The highest BCUT2D eigenvalue weighted by atomic mass is 16.5. The van der Waals surface area contributed by atoms with Crippen molar-refractivity contribution in [1.29, 1.82) is 0 Å². The first kappa shape index (κ1) is 19.9.